The minimum atomic E-state index is -0.0940. The van der Waals surface area contributed by atoms with E-state index in [-0.39, 0.29) is 16.1 Å². The van der Waals surface area contributed by atoms with Crippen molar-refractivity contribution in [2.45, 2.75) is 76.9 Å². The molecule has 9 heteroatoms. The van der Waals surface area contributed by atoms with Crippen molar-refractivity contribution in [1.82, 2.24) is 0 Å². The van der Waals surface area contributed by atoms with Crippen LogP contribution in [0.1, 0.15) is 86.3 Å². The summed E-state index contributed by atoms with van der Waals surface area (Å²) in [5.74, 6) is 2.89. The molecule has 0 unspecified atom stereocenters. The summed E-state index contributed by atoms with van der Waals surface area (Å²) in [6, 6.07) is 26.3. The number of hydrogen-bond acceptors (Lipinski definition) is 8. The molecule has 5 aromatic carbocycles. The maximum absolute atomic E-state index is 13.7. The second-order valence-corrected chi connectivity index (χ2v) is 19.9. The number of hydrogen-bond donors (Lipinski definition) is 1. The number of benzene rings is 4. The van der Waals surface area contributed by atoms with Crippen molar-refractivity contribution < 1.29 is 23.7 Å². The number of rotatable bonds is 16. The number of anilines is 1. The van der Waals surface area contributed by atoms with Gasteiger partial charge < -0.3 is 24.3 Å². The van der Waals surface area contributed by atoms with E-state index in [4.69, 9.17) is 18.9 Å². The Balaban J connectivity index is 0.978. The minimum absolute atomic E-state index is 0.0115. The molecule has 1 amide bonds. The summed E-state index contributed by atoms with van der Waals surface area (Å²) in [5, 5.41) is 4.45. The SMILES string of the molecule is C=C=C1Cc2ccccc2C[C@H](C)/C=C\c2cc(OCCCCCOc3cc4cc5c(cc(=O)c4cc3OC)-c3cc(NC(=O)CCC(C)(C)SSC)ccc3C5)c(OC)cc21. The summed E-state index contributed by atoms with van der Waals surface area (Å²) in [6.45, 7) is 11.6. The van der Waals surface area contributed by atoms with Crippen LogP contribution in [-0.4, -0.2) is 44.3 Å². The Morgan fingerprint density at radius 1 is 0.806 bits per heavy atom. The molecule has 7 rings (SSSR count). The summed E-state index contributed by atoms with van der Waals surface area (Å²) < 4.78 is 24.2. The fourth-order valence-electron chi connectivity index (χ4n) is 8.36. The van der Waals surface area contributed by atoms with E-state index in [0.29, 0.717) is 60.4 Å². The van der Waals surface area contributed by atoms with Crippen LogP contribution in [0.2, 0.25) is 0 Å². The van der Waals surface area contributed by atoms with Crippen LogP contribution in [-0.2, 0) is 24.1 Å². The van der Waals surface area contributed by atoms with Crippen molar-refractivity contribution in [1.29, 1.82) is 0 Å². The van der Waals surface area contributed by atoms with Crippen molar-refractivity contribution >= 4 is 55.6 Å². The number of amides is 1. The van der Waals surface area contributed by atoms with E-state index >= 15 is 0 Å². The molecule has 7 nitrogen and oxygen atoms in total. The van der Waals surface area contributed by atoms with Gasteiger partial charge in [-0.1, -0.05) is 77.6 Å². The smallest absolute Gasteiger partial charge is 0.224 e. The summed E-state index contributed by atoms with van der Waals surface area (Å²) in [6.07, 6.45) is 12.7. The lowest BCUT2D eigenvalue weighted by Gasteiger charge is -2.21. The molecular formula is C53H57NO6S2. The molecule has 0 aliphatic heterocycles. The first-order valence-corrected chi connectivity index (χ1v) is 24.0. The molecule has 62 heavy (non-hydrogen) atoms. The quantitative estimate of drug-likeness (QED) is 0.0585. The zero-order valence-electron chi connectivity index (χ0n) is 36.8. The largest absolute Gasteiger partial charge is 0.493 e. The van der Waals surface area contributed by atoms with E-state index in [1.807, 2.05) is 18.2 Å². The third-order valence-electron chi connectivity index (χ3n) is 11.7. The van der Waals surface area contributed by atoms with Crippen molar-refractivity contribution in [3.8, 4) is 34.1 Å². The van der Waals surface area contributed by atoms with Gasteiger partial charge in [-0.3, -0.25) is 9.59 Å². The highest BCUT2D eigenvalue weighted by atomic mass is 33.1. The maximum atomic E-state index is 13.7. The molecule has 0 saturated carbocycles. The van der Waals surface area contributed by atoms with Gasteiger partial charge in [0.15, 0.2) is 28.4 Å². The van der Waals surface area contributed by atoms with Gasteiger partial charge in [0.2, 0.25) is 5.91 Å². The van der Waals surface area contributed by atoms with E-state index in [1.165, 1.54) is 11.1 Å². The number of methoxy groups -OCH3 is 2. The van der Waals surface area contributed by atoms with Crippen LogP contribution in [0, 0.1) is 5.92 Å². The molecule has 0 bridgehead atoms. The van der Waals surface area contributed by atoms with Gasteiger partial charge in [-0.25, -0.2) is 0 Å². The van der Waals surface area contributed by atoms with Crippen molar-refractivity contribution in [3.05, 3.63) is 141 Å². The normalized spacial score (nSPS) is 14.7. The molecule has 2 aliphatic rings. The molecule has 1 N–H and O–H groups in total. The lowest BCUT2D eigenvalue weighted by Crippen LogP contribution is -2.19. The Kier molecular flexibility index (Phi) is 14.6. The Hall–Kier alpha value is -5.34. The lowest BCUT2D eigenvalue weighted by molar-refractivity contribution is -0.116. The number of nitrogens with one attached hydrogen (secondary N) is 1. The van der Waals surface area contributed by atoms with Crippen LogP contribution in [0.15, 0.2) is 102 Å². The van der Waals surface area contributed by atoms with Gasteiger partial charge in [0.05, 0.1) is 27.4 Å². The van der Waals surface area contributed by atoms with E-state index < -0.39 is 0 Å². The van der Waals surface area contributed by atoms with Crippen molar-refractivity contribution in [3.63, 3.8) is 0 Å². The predicted octanol–water partition coefficient (Wildman–Crippen LogP) is 12.5. The average Bonchev–Trinajstić information content (AvgIpc) is 3.52. The average molecular weight is 868 g/mol. The molecular weight excluding hydrogens is 811 g/mol. The van der Waals surface area contributed by atoms with Gasteiger partial charge >= 0.3 is 0 Å². The zero-order valence-corrected chi connectivity index (χ0v) is 38.4. The number of carbonyl (C=O) groups is 1. The topological polar surface area (TPSA) is 83.1 Å². The molecule has 1 atom stereocenters. The number of fused-ring (bicyclic) bond motifs is 6. The van der Waals surface area contributed by atoms with Gasteiger partial charge in [0.1, 0.15) is 0 Å². The molecule has 322 valence electrons. The van der Waals surface area contributed by atoms with Crippen LogP contribution >= 0.6 is 21.6 Å². The highest BCUT2D eigenvalue weighted by Crippen LogP contribution is 2.41. The van der Waals surface area contributed by atoms with Crippen LogP contribution in [0.5, 0.6) is 23.0 Å². The predicted molar refractivity (Wildman–Crippen MR) is 260 cm³/mol. The highest BCUT2D eigenvalue weighted by molar-refractivity contribution is 8.76. The Morgan fingerprint density at radius 3 is 2.24 bits per heavy atom. The molecule has 0 heterocycles. The number of carbonyl (C=O) groups excluding carboxylic acids is 1. The van der Waals surface area contributed by atoms with E-state index in [2.05, 4.69) is 105 Å². The van der Waals surface area contributed by atoms with Crippen LogP contribution in [0.25, 0.3) is 33.5 Å². The summed E-state index contributed by atoms with van der Waals surface area (Å²) in [4.78, 5) is 26.6. The van der Waals surface area contributed by atoms with Gasteiger partial charge in [0.25, 0.3) is 0 Å². The number of allylic oxidation sites excluding steroid dienone is 2. The molecule has 5 aromatic rings. The van der Waals surface area contributed by atoms with E-state index in [0.717, 1.165) is 88.6 Å². The monoisotopic (exact) mass is 867 g/mol. The summed E-state index contributed by atoms with van der Waals surface area (Å²) in [7, 11) is 6.78. The number of unbranched alkanes of at least 4 members (excludes halogenated alkanes) is 2. The molecule has 0 fully saturated rings. The van der Waals surface area contributed by atoms with Crippen molar-refractivity contribution in [2.24, 2.45) is 5.92 Å². The van der Waals surface area contributed by atoms with Gasteiger partial charge in [-0.15, -0.1) is 5.73 Å². The molecule has 0 radical (unpaired) electrons. The second kappa shape index (κ2) is 20.2. The maximum Gasteiger partial charge on any atom is 0.224 e. The highest BCUT2D eigenvalue weighted by Gasteiger charge is 2.23. The Morgan fingerprint density at radius 2 is 1.52 bits per heavy atom. The van der Waals surface area contributed by atoms with Crippen molar-refractivity contribution in [2.75, 3.05) is 39.0 Å². The van der Waals surface area contributed by atoms with Gasteiger partial charge in [-0.2, -0.15) is 0 Å². The van der Waals surface area contributed by atoms with Crippen LogP contribution < -0.4 is 29.7 Å². The Bertz CT molecular complexity index is 2610. The Labute approximate surface area is 374 Å². The molecule has 0 saturated heterocycles. The lowest BCUT2D eigenvalue weighted by atomic mass is 9.87. The third-order valence-corrected chi connectivity index (χ3v) is 14.4. The van der Waals surface area contributed by atoms with Crippen LogP contribution in [0.3, 0.4) is 0 Å². The van der Waals surface area contributed by atoms with Crippen LogP contribution in [0.4, 0.5) is 5.69 Å². The summed E-state index contributed by atoms with van der Waals surface area (Å²) >= 11 is 0. The molecule has 2 aliphatic carbocycles. The zero-order chi connectivity index (χ0) is 43.8. The van der Waals surface area contributed by atoms with Gasteiger partial charge in [-0.05, 0) is 163 Å². The fraction of sp³-hybridized carbons (Fsp3) is 0.340. The number of ether oxygens (including phenoxy) is 4. The third kappa shape index (κ3) is 10.6. The standard InChI is InChI=1S/C53H57NO6S2/c1-8-35-25-37-15-11-10-14-36(37)24-34(2)16-17-39-28-50(48(57-5)32-43(35)39)59-22-12-9-13-23-60-51-29-41-27-40-26-38-18-19-42(54-52(56)20-21-53(3,4)62-61-7)30-44(38)45(40)31-47(55)46(41)33-49(51)58-6/h10-11,14-19,27-34H,1,9,12-13,20-26H2,2-7H3,(H,54,56)/b17-16-/t34-/m1/s1. The minimum Gasteiger partial charge on any atom is -0.493 e. The first-order chi connectivity index (χ1) is 30.0. The molecule has 0 spiro atoms. The van der Waals surface area contributed by atoms with E-state index in [1.54, 1.807) is 47.9 Å². The summed E-state index contributed by atoms with van der Waals surface area (Å²) in [5.41, 5.74) is 13.7. The van der Waals surface area contributed by atoms with E-state index in [9.17, 15) is 9.59 Å². The van der Waals surface area contributed by atoms with Gasteiger partial charge in [0, 0.05) is 34.2 Å². The second-order valence-electron chi connectivity index (χ2n) is 16.8. The molecule has 0 aromatic heterocycles. The first kappa shape index (κ1) is 44.7. The first-order valence-electron chi connectivity index (χ1n) is 21.4. The fourth-order valence-corrected chi connectivity index (χ4v) is 10.6.